The molecule has 37 heavy (non-hydrogen) atoms. The maximum absolute atomic E-state index is 13.5. The molecule has 0 aliphatic carbocycles. The number of amides is 1. The standard InChI is InChI=1S/C31H33NO5/c1-6-18-37-23-11-9-10-22(19-23)32-27(20-14-16-21(17-15-20)31(2,3)4)26(29(34)30(32)35)28(33)24-12-7-8-13-25(24)36-5/h7-17,19,27,33H,6,18H2,1-5H3/b28-26+. The summed E-state index contributed by atoms with van der Waals surface area (Å²) in [7, 11) is 1.50. The predicted molar refractivity (Wildman–Crippen MR) is 145 cm³/mol. The highest BCUT2D eigenvalue weighted by molar-refractivity contribution is 6.51. The maximum Gasteiger partial charge on any atom is 0.300 e. The van der Waals surface area contributed by atoms with Crippen LogP contribution in [0.3, 0.4) is 0 Å². The summed E-state index contributed by atoms with van der Waals surface area (Å²) >= 11 is 0. The highest BCUT2D eigenvalue weighted by Gasteiger charge is 2.47. The van der Waals surface area contributed by atoms with Gasteiger partial charge in [-0.2, -0.15) is 0 Å². The van der Waals surface area contributed by atoms with E-state index < -0.39 is 17.7 Å². The summed E-state index contributed by atoms with van der Waals surface area (Å²) in [6.45, 7) is 8.92. The van der Waals surface area contributed by atoms with Crippen molar-refractivity contribution in [3.63, 3.8) is 0 Å². The van der Waals surface area contributed by atoms with Crippen LogP contribution in [-0.4, -0.2) is 30.5 Å². The lowest BCUT2D eigenvalue weighted by Gasteiger charge is -2.27. The third-order valence-electron chi connectivity index (χ3n) is 6.47. The van der Waals surface area contributed by atoms with Crippen molar-refractivity contribution in [1.29, 1.82) is 0 Å². The first-order chi connectivity index (χ1) is 17.7. The van der Waals surface area contributed by atoms with Crippen molar-refractivity contribution in [2.24, 2.45) is 0 Å². The fourth-order valence-electron chi connectivity index (χ4n) is 4.51. The molecule has 1 atom stereocenters. The summed E-state index contributed by atoms with van der Waals surface area (Å²) < 4.78 is 11.2. The van der Waals surface area contributed by atoms with Crippen LogP contribution in [0.5, 0.6) is 11.5 Å². The molecule has 0 saturated carbocycles. The van der Waals surface area contributed by atoms with Gasteiger partial charge in [-0.15, -0.1) is 0 Å². The molecule has 192 valence electrons. The van der Waals surface area contributed by atoms with Crippen molar-refractivity contribution < 1.29 is 24.2 Å². The minimum Gasteiger partial charge on any atom is -0.507 e. The monoisotopic (exact) mass is 499 g/mol. The van der Waals surface area contributed by atoms with Crippen molar-refractivity contribution in [2.75, 3.05) is 18.6 Å². The summed E-state index contributed by atoms with van der Waals surface area (Å²) in [5.41, 5.74) is 2.64. The number of ketones is 1. The number of Topliss-reactive ketones (excluding diaryl/α,β-unsaturated/α-hetero) is 1. The third kappa shape index (κ3) is 5.10. The van der Waals surface area contributed by atoms with Crippen molar-refractivity contribution in [3.8, 4) is 11.5 Å². The molecular weight excluding hydrogens is 466 g/mol. The number of ether oxygens (including phenoxy) is 2. The molecule has 1 heterocycles. The first-order valence-corrected chi connectivity index (χ1v) is 12.4. The molecule has 0 spiro atoms. The van der Waals surface area contributed by atoms with Crippen LogP contribution in [0.25, 0.3) is 5.76 Å². The maximum atomic E-state index is 13.5. The number of aliphatic hydroxyl groups excluding tert-OH is 1. The molecule has 4 rings (SSSR count). The van der Waals surface area contributed by atoms with Crippen molar-refractivity contribution in [2.45, 2.75) is 45.6 Å². The Morgan fingerprint density at radius 1 is 0.973 bits per heavy atom. The molecule has 1 fully saturated rings. The van der Waals surface area contributed by atoms with Gasteiger partial charge in [-0.1, -0.05) is 70.2 Å². The number of benzene rings is 3. The third-order valence-corrected chi connectivity index (χ3v) is 6.47. The minimum absolute atomic E-state index is 0.0119. The van der Waals surface area contributed by atoms with Crippen LogP contribution in [0, 0.1) is 0 Å². The molecule has 6 nitrogen and oxygen atoms in total. The number of rotatable bonds is 7. The molecule has 1 saturated heterocycles. The lowest BCUT2D eigenvalue weighted by atomic mass is 9.85. The number of aliphatic hydroxyl groups is 1. The lowest BCUT2D eigenvalue weighted by Crippen LogP contribution is -2.29. The zero-order valence-corrected chi connectivity index (χ0v) is 21.9. The van der Waals surface area contributed by atoms with E-state index in [0.29, 0.717) is 34.9 Å². The Kier molecular flexibility index (Phi) is 7.39. The summed E-state index contributed by atoms with van der Waals surface area (Å²) in [6, 6.07) is 21.0. The molecule has 1 N–H and O–H groups in total. The molecule has 1 aliphatic rings. The van der Waals surface area contributed by atoms with Gasteiger partial charge in [0.05, 0.1) is 30.9 Å². The molecule has 3 aromatic rings. The van der Waals surface area contributed by atoms with Crippen LogP contribution < -0.4 is 14.4 Å². The fraction of sp³-hybridized carbons (Fsp3) is 0.290. The van der Waals surface area contributed by atoms with Gasteiger partial charge in [0.15, 0.2) is 0 Å². The van der Waals surface area contributed by atoms with Crippen LogP contribution in [0.15, 0.2) is 78.4 Å². The number of para-hydroxylation sites is 1. The van der Waals surface area contributed by atoms with Crippen LogP contribution in [-0.2, 0) is 15.0 Å². The molecule has 0 aromatic heterocycles. The van der Waals surface area contributed by atoms with Gasteiger partial charge in [-0.05, 0) is 47.2 Å². The Hall–Kier alpha value is -4.06. The van der Waals surface area contributed by atoms with Crippen molar-refractivity contribution in [3.05, 3.63) is 95.1 Å². The highest BCUT2D eigenvalue weighted by atomic mass is 16.5. The molecule has 3 aromatic carbocycles. The van der Waals surface area contributed by atoms with E-state index in [1.807, 2.05) is 37.3 Å². The van der Waals surface area contributed by atoms with Crippen LogP contribution in [0.2, 0.25) is 0 Å². The summed E-state index contributed by atoms with van der Waals surface area (Å²) in [4.78, 5) is 28.4. The van der Waals surface area contributed by atoms with Gasteiger partial charge in [0, 0.05) is 11.8 Å². The van der Waals surface area contributed by atoms with Crippen LogP contribution in [0.1, 0.15) is 56.8 Å². The number of carbonyl (C=O) groups excluding carboxylic acids is 2. The number of hydrogen-bond acceptors (Lipinski definition) is 5. The van der Waals surface area contributed by atoms with Gasteiger partial charge in [0.2, 0.25) is 0 Å². The van der Waals surface area contributed by atoms with E-state index in [2.05, 4.69) is 20.8 Å². The Labute approximate surface area is 218 Å². The summed E-state index contributed by atoms with van der Waals surface area (Å²) in [6.07, 6.45) is 0.841. The molecule has 0 bridgehead atoms. The molecular formula is C31H33NO5. The smallest absolute Gasteiger partial charge is 0.300 e. The second-order valence-electron chi connectivity index (χ2n) is 10.1. The number of carbonyl (C=O) groups is 2. The van der Waals surface area contributed by atoms with Gasteiger partial charge in [-0.3, -0.25) is 14.5 Å². The number of hydrogen-bond donors (Lipinski definition) is 1. The molecule has 1 aliphatic heterocycles. The van der Waals surface area contributed by atoms with E-state index >= 15 is 0 Å². The second kappa shape index (κ2) is 10.5. The van der Waals surface area contributed by atoms with Gasteiger partial charge >= 0.3 is 0 Å². The lowest BCUT2D eigenvalue weighted by molar-refractivity contribution is -0.132. The van der Waals surface area contributed by atoms with Gasteiger partial charge in [0.1, 0.15) is 17.3 Å². The van der Waals surface area contributed by atoms with E-state index in [1.165, 1.54) is 12.0 Å². The first-order valence-electron chi connectivity index (χ1n) is 12.4. The summed E-state index contributed by atoms with van der Waals surface area (Å²) in [5.74, 6) is -0.737. The quantitative estimate of drug-likeness (QED) is 0.231. The van der Waals surface area contributed by atoms with Gasteiger partial charge in [-0.25, -0.2) is 0 Å². The zero-order chi connectivity index (χ0) is 26.7. The first kappa shape index (κ1) is 26.0. The van der Waals surface area contributed by atoms with E-state index in [1.54, 1.807) is 42.5 Å². The van der Waals surface area contributed by atoms with Crippen LogP contribution >= 0.6 is 0 Å². The van der Waals surface area contributed by atoms with Crippen molar-refractivity contribution >= 4 is 23.1 Å². The predicted octanol–water partition coefficient (Wildman–Crippen LogP) is 6.41. The molecule has 1 amide bonds. The average Bonchev–Trinajstić information content (AvgIpc) is 3.16. The van der Waals surface area contributed by atoms with E-state index in [-0.39, 0.29) is 16.7 Å². The fourth-order valence-corrected chi connectivity index (χ4v) is 4.51. The van der Waals surface area contributed by atoms with E-state index in [0.717, 1.165) is 12.0 Å². The molecule has 0 radical (unpaired) electrons. The van der Waals surface area contributed by atoms with E-state index in [4.69, 9.17) is 9.47 Å². The number of methoxy groups -OCH3 is 1. The largest absolute Gasteiger partial charge is 0.507 e. The highest BCUT2D eigenvalue weighted by Crippen LogP contribution is 2.44. The Morgan fingerprint density at radius 2 is 1.68 bits per heavy atom. The topological polar surface area (TPSA) is 76.1 Å². The Morgan fingerprint density at radius 3 is 2.32 bits per heavy atom. The Bertz CT molecular complexity index is 1330. The minimum atomic E-state index is -0.833. The second-order valence-corrected chi connectivity index (χ2v) is 10.1. The number of anilines is 1. The van der Waals surface area contributed by atoms with Crippen molar-refractivity contribution in [1.82, 2.24) is 0 Å². The molecule has 1 unspecified atom stereocenters. The normalized spacial score (nSPS) is 17.2. The average molecular weight is 500 g/mol. The van der Waals surface area contributed by atoms with Gasteiger partial charge < -0.3 is 14.6 Å². The Balaban J connectivity index is 1.92. The summed E-state index contributed by atoms with van der Waals surface area (Å²) in [5, 5.41) is 11.4. The molecule has 6 heteroatoms. The van der Waals surface area contributed by atoms with E-state index in [9.17, 15) is 14.7 Å². The van der Waals surface area contributed by atoms with Gasteiger partial charge in [0.25, 0.3) is 11.7 Å². The SMILES string of the molecule is CCCOc1cccc(N2C(=O)C(=O)/C(=C(/O)c3ccccc3OC)C2c2ccc(C(C)(C)C)cc2)c1. The number of nitrogens with zero attached hydrogens (tertiary/aromatic N) is 1. The zero-order valence-electron chi connectivity index (χ0n) is 21.9. The van der Waals surface area contributed by atoms with Crippen LogP contribution in [0.4, 0.5) is 5.69 Å².